The molecule has 0 saturated carbocycles. The van der Waals surface area contributed by atoms with Crippen LogP contribution < -0.4 is 10.1 Å². The van der Waals surface area contributed by atoms with Crippen molar-refractivity contribution in [3.63, 3.8) is 0 Å². The summed E-state index contributed by atoms with van der Waals surface area (Å²) in [6.45, 7) is 9.11. The van der Waals surface area contributed by atoms with Crippen LogP contribution in [0.25, 0.3) is 11.3 Å². The van der Waals surface area contributed by atoms with Crippen molar-refractivity contribution in [1.82, 2.24) is 15.0 Å². The average Bonchev–Trinajstić information content (AvgIpc) is 2.49. The van der Waals surface area contributed by atoms with Crippen molar-refractivity contribution in [2.75, 3.05) is 19.0 Å². The Kier molecular flexibility index (Phi) is 4.73. The highest BCUT2D eigenvalue weighted by Crippen LogP contribution is 2.28. The fourth-order valence-corrected chi connectivity index (χ4v) is 2.08. The average molecular weight is 286 g/mol. The van der Waals surface area contributed by atoms with E-state index in [4.69, 9.17) is 9.72 Å². The number of nitrogens with zero attached hydrogens (tertiary/aromatic N) is 3. The molecule has 0 spiro atoms. The van der Waals surface area contributed by atoms with Crippen LogP contribution in [0.4, 0.5) is 5.82 Å². The first-order chi connectivity index (χ1) is 10.1. The van der Waals surface area contributed by atoms with Crippen LogP contribution in [0.5, 0.6) is 5.88 Å². The third kappa shape index (κ3) is 3.29. The summed E-state index contributed by atoms with van der Waals surface area (Å²) in [5.74, 6) is 2.58. The summed E-state index contributed by atoms with van der Waals surface area (Å²) >= 11 is 0. The third-order valence-electron chi connectivity index (χ3n) is 3.24. The van der Waals surface area contributed by atoms with E-state index in [1.54, 1.807) is 13.3 Å². The number of methoxy groups -OCH3 is 1. The van der Waals surface area contributed by atoms with Gasteiger partial charge >= 0.3 is 0 Å². The predicted octanol–water partition coefficient (Wildman–Crippen LogP) is 3.41. The molecular weight excluding hydrogens is 264 g/mol. The van der Waals surface area contributed by atoms with Crippen LogP contribution >= 0.6 is 0 Å². The Bertz CT molecular complexity index is 626. The highest BCUT2D eigenvalue weighted by molar-refractivity contribution is 5.68. The van der Waals surface area contributed by atoms with E-state index < -0.39 is 0 Å². The standard InChI is InChI=1S/C16H22N4O/c1-6-17-16-11(4)14(19-15(20-16)10(2)3)12-7-8-18-13(9-12)21-5/h7-10H,6H2,1-5H3,(H,17,19,20). The minimum absolute atomic E-state index is 0.269. The van der Waals surface area contributed by atoms with Crippen molar-refractivity contribution >= 4 is 5.82 Å². The van der Waals surface area contributed by atoms with Gasteiger partial charge in [-0.3, -0.25) is 0 Å². The van der Waals surface area contributed by atoms with E-state index >= 15 is 0 Å². The maximum absolute atomic E-state index is 5.20. The lowest BCUT2D eigenvalue weighted by molar-refractivity contribution is 0.398. The van der Waals surface area contributed by atoms with Crippen LogP contribution in [0.2, 0.25) is 0 Å². The second-order valence-corrected chi connectivity index (χ2v) is 5.18. The lowest BCUT2D eigenvalue weighted by Crippen LogP contribution is -2.09. The maximum atomic E-state index is 5.20. The highest BCUT2D eigenvalue weighted by Gasteiger charge is 2.14. The van der Waals surface area contributed by atoms with Gasteiger partial charge in [0.25, 0.3) is 0 Å². The topological polar surface area (TPSA) is 59.9 Å². The van der Waals surface area contributed by atoms with Crippen molar-refractivity contribution in [3.8, 4) is 17.1 Å². The molecule has 112 valence electrons. The molecule has 5 nitrogen and oxygen atoms in total. The molecule has 0 fully saturated rings. The Morgan fingerprint density at radius 2 is 2.05 bits per heavy atom. The molecule has 0 aromatic carbocycles. The molecule has 1 N–H and O–H groups in total. The number of hydrogen-bond donors (Lipinski definition) is 1. The molecule has 0 unspecified atom stereocenters. The Morgan fingerprint density at radius 3 is 2.67 bits per heavy atom. The molecule has 2 aromatic heterocycles. The summed E-state index contributed by atoms with van der Waals surface area (Å²) in [7, 11) is 1.61. The van der Waals surface area contributed by atoms with Crippen LogP contribution in [-0.4, -0.2) is 28.6 Å². The zero-order valence-corrected chi connectivity index (χ0v) is 13.3. The van der Waals surface area contributed by atoms with Gasteiger partial charge in [-0.25, -0.2) is 15.0 Å². The smallest absolute Gasteiger partial charge is 0.213 e. The summed E-state index contributed by atoms with van der Waals surface area (Å²) in [6, 6.07) is 3.84. The first-order valence-corrected chi connectivity index (χ1v) is 7.19. The number of nitrogens with one attached hydrogen (secondary N) is 1. The molecule has 0 saturated heterocycles. The van der Waals surface area contributed by atoms with Crippen molar-refractivity contribution in [1.29, 1.82) is 0 Å². The zero-order valence-electron chi connectivity index (χ0n) is 13.3. The first kappa shape index (κ1) is 15.2. The van der Waals surface area contributed by atoms with Crippen molar-refractivity contribution < 1.29 is 4.74 Å². The van der Waals surface area contributed by atoms with Gasteiger partial charge in [0.1, 0.15) is 11.6 Å². The molecule has 2 aromatic rings. The van der Waals surface area contributed by atoms with Gasteiger partial charge in [-0.1, -0.05) is 13.8 Å². The third-order valence-corrected chi connectivity index (χ3v) is 3.24. The number of rotatable bonds is 5. The maximum Gasteiger partial charge on any atom is 0.213 e. The predicted molar refractivity (Wildman–Crippen MR) is 84.8 cm³/mol. The number of pyridine rings is 1. The molecule has 0 atom stereocenters. The highest BCUT2D eigenvalue weighted by atomic mass is 16.5. The molecule has 0 radical (unpaired) electrons. The van der Waals surface area contributed by atoms with Crippen LogP contribution in [0, 0.1) is 6.92 Å². The monoisotopic (exact) mass is 286 g/mol. The fourth-order valence-electron chi connectivity index (χ4n) is 2.08. The van der Waals surface area contributed by atoms with Crippen LogP contribution in [0.15, 0.2) is 18.3 Å². The summed E-state index contributed by atoms with van der Waals surface area (Å²) in [5, 5.41) is 3.31. The second-order valence-electron chi connectivity index (χ2n) is 5.18. The van der Waals surface area contributed by atoms with Gasteiger partial charge in [0.2, 0.25) is 5.88 Å². The van der Waals surface area contributed by atoms with E-state index in [1.807, 2.05) is 19.1 Å². The van der Waals surface area contributed by atoms with Gasteiger partial charge in [0.15, 0.2) is 0 Å². The Balaban J connectivity index is 2.59. The van der Waals surface area contributed by atoms with E-state index in [2.05, 4.69) is 36.1 Å². The van der Waals surface area contributed by atoms with Crippen LogP contribution in [0.1, 0.15) is 38.1 Å². The minimum atomic E-state index is 0.269. The molecule has 21 heavy (non-hydrogen) atoms. The molecule has 0 amide bonds. The van der Waals surface area contributed by atoms with Gasteiger partial charge in [0, 0.05) is 35.9 Å². The molecule has 0 aliphatic heterocycles. The van der Waals surface area contributed by atoms with Crippen LogP contribution in [-0.2, 0) is 0 Å². The quantitative estimate of drug-likeness (QED) is 0.912. The molecule has 0 bridgehead atoms. The summed E-state index contributed by atoms with van der Waals surface area (Å²) < 4.78 is 5.20. The van der Waals surface area contributed by atoms with E-state index in [-0.39, 0.29) is 5.92 Å². The molecule has 2 rings (SSSR count). The Morgan fingerprint density at radius 1 is 1.29 bits per heavy atom. The molecule has 2 heterocycles. The van der Waals surface area contributed by atoms with E-state index in [0.717, 1.165) is 35.0 Å². The van der Waals surface area contributed by atoms with Gasteiger partial charge in [0.05, 0.1) is 12.8 Å². The zero-order chi connectivity index (χ0) is 15.4. The number of hydrogen-bond acceptors (Lipinski definition) is 5. The normalized spacial score (nSPS) is 10.8. The SMILES string of the molecule is CCNc1nc(C(C)C)nc(-c2ccnc(OC)c2)c1C. The molecule has 5 heteroatoms. The largest absolute Gasteiger partial charge is 0.481 e. The van der Waals surface area contributed by atoms with E-state index in [9.17, 15) is 0 Å². The van der Waals surface area contributed by atoms with Crippen molar-refractivity contribution in [2.45, 2.75) is 33.6 Å². The fraction of sp³-hybridized carbons (Fsp3) is 0.438. The number of aromatic nitrogens is 3. The number of anilines is 1. The van der Waals surface area contributed by atoms with Gasteiger partial charge in [-0.15, -0.1) is 0 Å². The molecule has 0 aliphatic rings. The molecule has 0 aliphatic carbocycles. The van der Waals surface area contributed by atoms with Crippen molar-refractivity contribution in [2.24, 2.45) is 0 Å². The van der Waals surface area contributed by atoms with E-state index in [0.29, 0.717) is 5.88 Å². The Labute approximate surface area is 125 Å². The summed E-state index contributed by atoms with van der Waals surface area (Å²) in [5.41, 5.74) is 2.95. The summed E-state index contributed by atoms with van der Waals surface area (Å²) in [4.78, 5) is 13.5. The van der Waals surface area contributed by atoms with Gasteiger partial charge in [-0.2, -0.15) is 0 Å². The van der Waals surface area contributed by atoms with Crippen molar-refractivity contribution in [3.05, 3.63) is 29.7 Å². The summed E-state index contributed by atoms with van der Waals surface area (Å²) in [6.07, 6.45) is 1.73. The van der Waals surface area contributed by atoms with Gasteiger partial charge < -0.3 is 10.1 Å². The van der Waals surface area contributed by atoms with E-state index in [1.165, 1.54) is 0 Å². The lowest BCUT2D eigenvalue weighted by atomic mass is 10.1. The second kappa shape index (κ2) is 6.52. The molecular formula is C16H22N4O. The van der Waals surface area contributed by atoms with Gasteiger partial charge in [-0.05, 0) is 19.9 Å². The van der Waals surface area contributed by atoms with Crippen LogP contribution in [0.3, 0.4) is 0 Å². The lowest BCUT2D eigenvalue weighted by Gasteiger charge is -2.15. The first-order valence-electron chi connectivity index (χ1n) is 7.19. The minimum Gasteiger partial charge on any atom is -0.481 e. The Hall–Kier alpha value is -2.17. The number of ether oxygens (including phenoxy) is 1.